The van der Waals surface area contributed by atoms with Gasteiger partial charge in [-0.2, -0.15) is 0 Å². The molecule has 6 saturated carbocycles. The van der Waals surface area contributed by atoms with Crippen LogP contribution in [0.15, 0.2) is 30.3 Å². The van der Waals surface area contributed by atoms with Gasteiger partial charge >= 0.3 is 12.1 Å². The van der Waals surface area contributed by atoms with Gasteiger partial charge in [-0.3, -0.25) is 28.8 Å². The number of rotatable bonds is 31. The zero-order valence-corrected chi connectivity index (χ0v) is 82.1. The third kappa shape index (κ3) is 48.7. The predicted octanol–water partition coefficient (Wildman–Crippen LogP) is 20.0. The quantitative estimate of drug-likeness (QED) is 0.0566. The third-order valence-electron chi connectivity index (χ3n) is 26.2. The minimum Gasteiger partial charge on any atom is -0.461 e. The number of hydrogen-bond donors (Lipinski definition) is 1. The van der Waals surface area contributed by atoms with E-state index in [4.69, 9.17) is 54.4 Å². The van der Waals surface area contributed by atoms with Gasteiger partial charge in [0.15, 0.2) is 0 Å². The van der Waals surface area contributed by atoms with Gasteiger partial charge in [0.2, 0.25) is 0 Å². The van der Waals surface area contributed by atoms with Crippen molar-refractivity contribution in [3.05, 3.63) is 35.9 Å². The van der Waals surface area contributed by atoms with E-state index in [1.807, 2.05) is 51.1 Å². The van der Waals surface area contributed by atoms with Crippen LogP contribution in [0.25, 0.3) is 0 Å². The van der Waals surface area contributed by atoms with Crippen LogP contribution >= 0.6 is 0 Å². The van der Waals surface area contributed by atoms with Crippen LogP contribution in [0.4, 0.5) is 4.79 Å². The first-order chi connectivity index (χ1) is 66.6. The molecule has 6 aliphatic carbocycles. The number of alkyl carbamates (subject to hydrolysis) is 1. The Hall–Kier alpha value is -14.7. The van der Waals surface area contributed by atoms with Crippen molar-refractivity contribution in [3.63, 3.8) is 0 Å². The lowest BCUT2D eigenvalue weighted by Gasteiger charge is -2.41. The molecule has 1 aromatic rings. The lowest BCUT2D eigenvalue weighted by Crippen LogP contribution is -2.43. The highest BCUT2D eigenvalue weighted by Crippen LogP contribution is 2.49. The lowest BCUT2D eigenvalue weighted by molar-refractivity contribution is -0.154. The molecule has 1 amide bonds. The summed E-state index contributed by atoms with van der Waals surface area (Å²) in [6, 6.07) is 9.87. The molecule has 698 valence electrons. The molecular formula is C127H131NO9. The average molecular weight is 1820 g/mol. The summed E-state index contributed by atoms with van der Waals surface area (Å²) < 4.78 is 11.5. The van der Waals surface area contributed by atoms with E-state index in [1.165, 1.54) is 0 Å². The van der Waals surface area contributed by atoms with E-state index >= 15 is 9.59 Å². The molecule has 10 nitrogen and oxygen atoms in total. The summed E-state index contributed by atoms with van der Waals surface area (Å²) in [6.45, 7) is 18.8. The zero-order valence-electron chi connectivity index (χ0n) is 82.1. The highest BCUT2D eigenvalue weighted by atomic mass is 16.6. The molecule has 6 aliphatic rings. The highest BCUT2D eigenvalue weighted by molar-refractivity contribution is 5.85. The maximum Gasteiger partial charge on any atom is 0.407 e. The molecule has 137 heavy (non-hydrogen) atoms. The SMILES string of the molecule is C#CC#CC#CC#CC.C#CC#CC#CC#CC#CC#CC#C.C#CC#CC#CC#CC#CC#CC#C.C#CC#CC#CC#CC#CC#CC#C.CC[C@H](C(=O)C[C@H]1CCCC[C@H]1[C@H](CC)C(=O)C[C@H]1CCCC[C@H]1[C@H](CC)C(=O)C[C@H]1CCCC[C@H]1[C@H](CC)C(=O)C[C@H]1CCCC[C@H]1[C@H](CC)C(=O)OCc1ccccc1)[C@@H]1CCCC[C@@H]1CC(=O)CC1(CNC(=O)OC(C)(C)C)CCCCC1. The smallest absolute Gasteiger partial charge is 0.407 e. The van der Waals surface area contributed by atoms with E-state index in [2.05, 4.69) is 295 Å². The number of ether oxygens (including phenoxy) is 2. The minimum absolute atomic E-state index is 0.0777. The molecule has 7 rings (SSSR count). The molecule has 0 aromatic heterocycles. The van der Waals surface area contributed by atoms with Gasteiger partial charge < -0.3 is 14.8 Å². The normalized spacial score (nSPS) is 19.5. The van der Waals surface area contributed by atoms with Gasteiger partial charge in [-0.15, -0.1) is 45.0 Å². The molecule has 0 heterocycles. The molecular weight excluding hydrogens is 1680 g/mol. The highest BCUT2D eigenvalue weighted by Gasteiger charge is 2.46. The summed E-state index contributed by atoms with van der Waals surface area (Å²) in [6.07, 6.45) is 66.3. The molecule has 1 aromatic carbocycles. The minimum atomic E-state index is -0.587. The van der Waals surface area contributed by atoms with Gasteiger partial charge in [0.05, 0.1) is 5.92 Å². The average Bonchev–Trinajstić information content (AvgIpc) is 0.806. The van der Waals surface area contributed by atoms with Crippen LogP contribution in [0.5, 0.6) is 0 Å². The maximum atomic E-state index is 15.1. The summed E-state index contributed by atoms with van der Waals surface area (Å²) in [5.74, 6) is 105. The topological polar surface area (TPSA) is 150 Å². The number of benzene rings is 1. The zero-order chi connectivity index (χ0) is 100. The molecule has 0 spiro atoms. The van der Waals surface area contributed by atoms with Gasteiger partial charge in [-0.1, -0.05) is 154 Å². The molecule has 10 heteroatoms. The first-order valence-electron chi connectivity index (χ1n) is 48.5. The number of carbonyl (C=O) groups is 7. The number of Topliss-reactive ketones (excluding diaryl/α,β-unsaturated/α-hetero) is 5. The van der Waals surface area contributed by atoms with E-state index in [-0.39, 0.29) is 113 Å². The summed E-state index contributed by atoms with van der Waals surface area (Å²) in [5.41, 5.74) is 0.146. The maximum absolute atomic E-state index is 15.1. The standard InChI is InChI=1S/C76H121NO9.3C14H2.C9H4/c1-9-59(64-37-23-18-32-53(64)44-58(78)49-76(42-28-15-29-43-76)51-77-74(84)86-75(6,7)8)69(79)45-54-33-19-24-38-65(54)60(10-2)70(80)46-55-34-20-25-39-66(55)61(11-3)71(81)47-56-35-21-26-40-67(56)62(12-4)72(82)48-57-36-22-27-41-68(57)63(13-5)73(83)85-50-52-30-16-14-17-31-52;3*1-3-5-7-9-11-13-14-12-10-8-6-4-2;1-3-5-7-9-8-6-4-2/h14,16-17,30-31,53-57,59-68H,9-13,15,18-29,32-51H2,1-8H3,(H,77,84);3*1-2H;1H,2H3/t53-,54-,55-,56-,57-,59+,60+,61+,62+,63+,64-,65-,66-,67-,68-;;;;/m1..../s1. The third-order valence-corrected chi connectivity index (χ3v) is 26.2. The van der Waals surface area contributed by atoms with Crippen LogP contribution in [-0.4, -0.2) is 53.1 Å². The van der Waals surface area contributed by atoms with Gasteiger partial charge in [0, 0.05) is 68.7 Å². The Bertz CT molecular complexity index is 5390. The van der Waals surface area contributed by atoms with Crippen LogP contribution in [0.3, 0.4) is 0 Å². The number of nitrogens with one attached hydrogen (secondary N) is 1. The summed E-state index contributed by atoms with van der Waals surface area (Å²) in [7, 11) is 0. The van der Waals surface area contributed by atoms with E-state index in [1.54, 1.807) is 6.92 Å². The molecule has 0 radical (unpaired) electrons. The Balaban J connectivity index is 0.000000759. The van der Waals surface area contributed by atoms with Crippen molar-refractivity contribution >= 4 is 41.0 Å². The lowest BCUT2D eigenvalue weighted by atomic mass is 9.62. The van der Waals surface area contributed by atoms with Gasteiger partial charge in [0.1, 0.15) is 41.1 Å². The molecule has 0 unspecified atom stereocenters. The van der Waals surface area contributed by atoms with Gasteiger partial charge in [-0.25, -0.2) is 4.79 Å². The Morgan fingerprint density at radius 2 is 0.584 bits per heavy atom. The fourth-order valence-electron chi connectivity index (χ4n) is 20.5. The number of carbonyl (C=O) groups excluding carboxylic acids is 7. The van der Waals surface area contributed by atoms with E-state index in [0.29, 0.717) is 74.6 Å². The molecule has 0 aliphatic heterocycles. The molecule has 0 saturated heterocycles. The van der Waals surface area contributed by atoms with Crippen LogP contribution in [0.1, 0.15) is 299 Å². The summed E-state index contributed by atoms with van der Waals surface area (Å²) >= 11 is 0. The van der Waals surface area contributed by atoms with Gasteiger partial charge in [-0.05, 0) is 456 Å². The molecule has 0 bridgehead atoms. The second-order valence-corrected chi connectivity index (χ2v) is 35.9. The summed E-state index contributed by atoms with van der Waals surface area (Å²) in [4.78, 5) is 100. The predicted molar refractivity (Wildman–Crippen MR) is 552 cm³/mol. The van der Waals surface area contributed by atoms with Crippen molar-refractivity contribution in [2.75, 3.05) is 6.54 Å². The van der Waals surface area contributed by atoms with Crippen LogP contribution in [0, 0.1) is 394 Å². The number of terminal acetylenes is 7. The number of ketones is 5. The first kappa shape index (κ1) is 116. The summed E-state index contributed by atoms with van der Waals surface area (Å²) in [5, 5.41) is 3.04. The first-order valence-corrected chi connectivity index (χ1v) is 48.5. The van der Waals surface area contributed by atoms with E-state index < -0.39 is 11.7 Å². The fourth-order valence-corrected chi connectivity index (χ4v) is 20.5. The Morgan fingerprint density at radius 1 is 0.336 bits per heavy atom. The van der Waals surface area contributed by atoms with Crippen molar-refractivity contribution in [1.29, 1.82) is 0 Å². The second kappa shape index (κ2) is 72.8. The molecule has 1 N–H and O–H groups in total. The number of amides is 1. The van der Waals surface area contributed by atoms with Crippen molar-refractivity contribution in [1.82, 2.24) is 5.32 Å². The molecule has 6 fully saturated rings. The Morgan fingerprint density at radius 3 is 0.839 bits per heavy atom. The van der Waals surface area contributed by atoms with Gasteiger partial charge in [0.25, 0.3) is 0 Å². The van der Waals surface area contributed by atoms with Crippen LogP contribution in [0.2, 0.25) is 0 Å². The fraction of sp³-hybridized carbons (Fsp3) is 0.504. The van der Waals surface area contributed by atoms with Crippen molar-refractivity contribution < 1.29 is 43.0 Å². The van der Waals surface area contributed by atoms with Crippen LogP contribution in [-0.2, 0) is 44.8 Å². The van der Waals surface area contributed by atoms with Crippen molar-refractivity contribution in [3.8, 4) is 300 Å². The van der Waals surface area contributed by atoms with Crippen LogP contribution < -0.4 is 5.32 Å². The molecule has 15 atom stereocenters. The largest absolute Gasteiger partial charge is 0.461 e. The van der Waals surface area contributed by atoms with E-state index in [0.717, 1.165) is 192 Å². The number of hydrogen-bond acceptors (Lipinski definition) is 9. The van der Waals surface area contributed by atoms with Crippen molar-refractivity contribution in [2.45, 2.75) is 306 Å². The van der Waals surface area contributed by atoms with E-state index in [9.17, 15) is 24.0 Å². The Labute approximate surface area is 825 Å². The number of esters is 1. The Kier molecular flexibility index (Phi) is 61.9. The monoisotopic (exact) mass is 1810 g/mol. The van der Waals surface area contributed by atoms with Crippen molar-refractivity contribution in [2.24, 2.45) is 94.2 Å². The second-order valence-electron chi connectivity index (χ2n) is 35.9.